The quantitative estimate of drug-likeness (QED) is 0.919. The van der Waals surface area contributed by atoms with Crippen molar-refractivity contribution in [3.8, 4) is 5.69 Å². The van der Waals surface area contributed by atoms with Gasteiger partial charge in [-0.05, 0) is 44.7 Å². The monoisotopic (exact) mass is 316 g/mol. The molecular weight excluding hydrogens is 292 g/mol. The van der Waals surface area contributed by atoms with E-state index in [9.17, 15) is 4.79 Å². The van der Waals surface area contributed by atoms with E-state index in [0.29, 0.717) is 11.6 Å². The lowest BCUT2D eigenvalue weighted by atomic mass is 10.0. The molecule has 6 heteroatoms. The Balaban J connectivity index is 1.78. The van der Waals surface area contributed by atoms with Gasteiger partial charge in [-0.15, -0.1) is 0 Å². The molecule has 1 N–H and O–H groups in total. The smallest absolute Gasteiger partial charge is 0.278 e. The third-order valence-corrected chi connectivity index (χ3v) is 4.08. The van der Waals surface area contributed by atoms with Crippen molar-refractivity contribution in [3.05, 3.63) is 41.1 Å². The molecule has 6 nitrogen and oxygen atoms in total. The molecule has 0 amide bonds. The fourth-order valence-corrected chi connectivity index (χ4v) is 2.89. The van der Waals surface area contributed by atoms with Crippen molar-refractivity contribution in [2.24, 2.45) is 5.92 Å². The number of rotatable bonds is 5. The molecule has 2 aromatic rings. The van der Waals surface area contributed by atoms with Gasteiger partial charge in [0.05, 0.1) is 11.9 Å². The summed E-state index contributed by atoms with van der Waals surface area (Å²) in [5, 5.41) is 7.60. The van der Waals surface area contributed by atoms with E-state index in [1.165, 1.54) is 0 Å². The van der Waals surface area contributed by atoms with Gasteiger partial charge in [-0.1, -0.05) is 0 Å². The average Bonchev–Trinajstić information content (AvgIpc) is 2.98. The lowest BCUT2D eigenvalue weighted by Gasteiger charge is -2.21. The van der Waals surface area contributed by atoms with Crippen molar-refractivity contribution in [1.82, 2.24) is 14.3 Å². The maximum Gasteiger partial charge on any atom is 0.278 e. The van der Waals surface area contributed by atoms with Gasteiger partial charge in [0.25, 0.3) is 5.56 Å². The summed E-state index contributed by atoms with van der Waals surface area (Å²) in [5.74, 6) is 0.599. The number of pyridine rings is 1. The molecule has 23 heavy (non-hydrogen) atoms. The molecule has 3 rings (SSSR count). The minimum absolute atomic E-state index is 0.0492. The second-order valence-corrected chi connectivity index (χ2v) is 6.37. The first-order valence-corrected chi connectivity index (χ1v) is 8.22. The largest absolute Gasteiger partial charge is 0.381 e. The lowest BCUT2D eigenvalue weighted by molar-refractivity contribution is 0.0601. The van der Waals surface area contributed by atoms with Crippen molar-refractivity contribution in [3.63, 3.8) is 0 Å². The highest BCUT2D eigenvalue weighted by atomic mass is 16.5. The number of anilines is 1. The highest BCUT2D eigenvalue weighted by molar-refractivity contribution is 5.43. The lowest BCUT2D eigenvalue weighted by Crippen LogP contribution is -2.24. The topological polar surface area (TPSA) is 61.1 Å². The van der Waals surface area contributed by atoms with E-state index in [2.05, 4.69) is 10.4 Å². The Morgan fingerprint density at radius 3 is 2.91 bits per heavy atom. The Bertz CT molecular complexity index is 699. The molecule has 3 heterocycles. The molecule has 0 aliphatic carbocycles. The molecule has 1 aliphatic heterocycles. The van der Waals surface area contributed by atoms with Crippen molar-refractivity contribution in [2.75, 3.05) is 18.5 Å². The molecule has 124 valence electrons. The zero-order valence-electron chi connectivity index (χ0n) is 13.7. The number of nitrogens with zero attached hydrogens (tertiary/aromatic N) is 3. The minimum Gasteiger partial charge on any atom is -0.381 e. The normalized spacial score (nSPS) is 16.0. The van der Waals surface area contributed by atoms with Crippen LogP contribution in [0.15, 0.2) is 35.5 Å². The van der Waals surface area contributed by atoms with E-state index in [4.69, 9.17) is 4.74 Å². The summed E-state index contributed by atoms with van der Waals surface area (Å²) in [6.07, 6.45) is 7.62. The fraction of sp³-hybridized carbons (Fsp3) is 0.529. The van der Waals surface area contributed by atoms with Gasteiger partial charge in [0.1, 0.15) is 5.69 Å². The number of hydrogen-bond acceptors (Lipinski definition) is 4. The summed E-state index contributed by atoms with van der Waals surface area (Å²) < 4.78 is 8.96. The van der Waals surface area contributed by atoms with E-state index in [0.717, 1.165) is 38.3 Å². The standard InChI is InChI=1S/C17H24N4O2/c1-13(2)19-16-4-3-7-21(17(16)22)15-10-18-20(12-15)11-14-5-8-23-9-6-14/h3-4,7,10,12-14,19H,5-6,8-9,11H2,1-2H3. The molecule has 1 saturated heterocycles. The van der Waals surface area contributed by atoms with E-state index >= 15 is 0 Å². The summed E-state index contributed by atoms with van der Waals surface area (Å²) in [6, 6.07) is 3.91. The van der Waals surface area contributed by atoms with Crippen molar-refractivity contribution in [2.45, 2.75) is 39.3 Å². The number of aromatic nitrogens is 3. The van der Waals surface area contributed by atoms with Gasteiger partial charge in [0, 0.05) is 38.2 Å². The summed E-state index contributed by atoms with van der Waals surface area (Å²) in [5.41, 5.74) is 1.36. The Hall–Kier alpha value is -2.08. The van der Waals surface area contributed by atoms with Crippen LogP contribution < -0.4 is 10.9 Å². The number of nitrogens with one attached hydrogen (secondary N) is 1. The van der Waals surface area contributed by atoms with Crippen LogP contribution in [0.4, 0.5) is 5.69 Å². The number of ether oxygens (including phenoxy) is 1. The summed E-state index contributed by atoms with van der Waals surface area (Å²) >= 11 is 0. The minimum atomic E-state index is -0.0492. The molecule has 2 aromatic heterocycles. The summed E-state index contributed by atoms with van der Waals surface area (Å²) in [4.78, 5) is 12.6. The van der Waals surface area contributed by atoms with Crippen LogP contribution in [0.25, 0.3) is 5.69 Å². The SMILES string of the molecule is CC(C)Nc1cccn(-c2cnn(CC3CCOCC3)c2)c1=O. The van der Waals surface area contributed by atoms with Gasteiger partial charge < -0.3 is 10.1 Å². The Kier molecular flexibility index (Phi) is 4.81. The highest BCUT2D eigenvalue weighted by Gasteiger charge is 2.15. The van der Waals surface area contributed by atoms with Crippen LogP contribution in [0.5, 0.6) is 0 Å². The van der Waals surface area contributed by atoms with Gasteiger partial charge in [-0.3, -0.25) is 14.0 Å². The Morgan fingerprint density at radius 2 is 2.17 bits per heavy atom. The molecule has 0 bridgehead atoms. The zero-order chi connectivity index (χ0) is 16.2. The first kappa shape index (κ1) is 15.8. The zero-order valence-corrected chi connectivity index (χ0v) is 13.7. The van der Waals surface area contributed by atoms with Crippen LogP contribution in [0.3, 0.4) is 0 Å². The van der Waals surface area contributed by atoms with Crippen molar-refractivity contribution >= 4 is 5.69 Å². The molecule has 0 atom stereocenters. The van der Waals surface area contributed by atoms with Gasteiger partial charge in [-0.25, -0.2) is 0 Å². The average molecular weight is 316 g/mol. The van der Waals surface area contributed by atoms with E-state index in [-0.39, 0.29) is 11.6 Å². The van der Waals surface area contributed by atoms with Crippen molar-refractivity contribution < 1.29 is 4.74 Å². The second-order valence-electron chi connectivity index (χ2n) is 6.37. The van der Waals surface area contributed by atoms with Crippen LogP contribution >= 0.6 is 0 Å². The predicted molar refractivity (Wildman–Crippen MR) is 90.1 cm³/mol. The summed E-state index contributed by atoms with van der Waals surface area (Å²) in [7, 11) is 0. The first-order valence-electron chi connectivity index (χ1n) is 8.22. The maximum absolute atomic E-state index is 12.6. The summed E-state index contributed by atoms with van der Waals surface area (Å²) in [6.45, 7) is 6.58. The van der Waals surface area contributed by atoms with Gasteiger partial charge in [0.15, 0.2) is 0 Å². The molecule has 0 radical (unpaired) electrons. The molecule has 1 aliphatic rings. The molecule has 0 aromatic carbocycles. The van der Waals surface area contributed by atoms with Crippen LogP contribution in [0.1, 0.15) is 26.7 Å². The van der Waals surface area contributed by atoms with Crippen LogP contribution in [-0.4, -0.2) is 33.6 Å². The maximum atomic E-state index is 12.6. The van der Waals surface area contributed by atoms with E-state index in [1.807, 2.05) is 36.9 Å². The van der Waals surface area contributed by atoms with E-state index < -0.39 is 0 Å². The molecule has 0 saturated carbocycles. The predicted octanol–water partition coefficient (Wildman–Crippen LogP) is 2.28. The molecule has 0 unspecified atom stereocenters. The van der Waals surface area contributed by atoms with Gasteiger partial charge in [0.2, 0.25) is 0 Å². The van der Waals surface area contributed by atoms with E-state index in [1.54, 1.807) is 17.0 Å². The molecule has 0 spiro atoms. The van der Waals surface area contributed by atoms with Gasteiger partial charge in [-0.2, -0.15) is 5.10 Å². The molecular formula is C17H24N4O2. The van der Waals surface area contributed by atoms with Crippen LogP contribution in [-0.2, 0) is 11.3 Å². The highest BCUT2D eigenvalue weighted by Crippen LogP contribution is 2.17. The third kappa shape index (κ3) is 3.82. The second kappa shape index (κ2) is 7.00. The van der Waals surface area contributed by atoms with Crippen LogP contribution in [0, 0.1) is 5.92 Å². The van der Waals surface area contributed by atoms with Crippen molar-refractivity contribution in [1.29, 1.82) is 0 Å². The third-order valence-electron chi connectivity index (χ3n) is 4.08. The van der Waals surface area contributed by atoms with Crippen LogP contribution in [0.2, 0.25) is 0 Å². The van der Waals surface area contributed by atoms with Gasteiger partial charge >= 0.3 is 0 Å². The molecule has 1 fully saturated rings. The Labute approximate surface area is 136 Å². The Morgan fingerprint density at radius 1 is 1.39 bits per heavy atom. The number of hydrogen-bond donors (Lipinski definition) is 1. The fourth-order valence-electron chi connectivity index (χ4n) is 2.89. The first-order chi connectivity index (χ1) is 11.1.